The Morgan fingerprint density at radius 2 is 1.97 bits per heavy atom. The van der Waals surface area contributed by atoms with Crippen LogP contribution in [0.5, 0.6) is 0 Å². The lowest BCUT2D eigenvalue weighted by molar-refractivity contribution is -0.137. The number of alkyl halides is 1. The minimum atomic E-state index is -0.565. The first kappa shape index (κ1) is 23.3. The number of halogens is 1. The molecular formula is C26H39ClO4. The third-order valence-electron chi connectivity index (χ3n) is 9.66. The lowest BCUT2D eigenvalue weighted by atomic mass is 9.45. The number of carbonyl (C=O) groups excluding carboxylic acids is 1. The van der Waals surface area contributed by atoms with Gasteiger partial charge in [0.25, 0.3) is 0 Å². The number of hydrogen-bond acceptors (Lipinski definition) is 4. The van der Waals surface area contributed by atoms with E-state index in [0.717, 1.165) is 44.1 Å². The molecule has 0 bridgehead atoms. The molecule has 4 rings (SSSR count). The highest BCUT2D eigenvalue weighted by atomic mass is 35.5. The van der Waals surface area contributed by atoms with Crippen LogP contribution in [0.15, 0.2) is 23.8 Å². The number of ether oxygens (including phenoxy) is 1. The Bertz CT molecular complexity index is 763. The smallest absolute Gasteiger partial charge is 0.330 e. The van der Waals surface area contributed by atoms with Crippen molar-refractivity contribution in [1.82, 2.24) is 0 Å². The van der Waals surface area contributed by atoms with Crippen molar-refractivity contribution in [2.24, 2.45) is 40.4 Å². The average molecular weight is 451 g/mol. The Labute approximate surface area is 192 Å². The fourth-order valence-electron chi connectivity index (χ4n) is 8.13. The first-order valence-corrected chi connectivity index (χ1v) is 12.6. The lowest BCUT2D eigenvalue weighted by Crippen LogP contribution is -2.59. The average Bonchev–Trinajstić information content (AvgIpc) is 3.08. The van der Waals surface area contributed by atoms with Crippen molar-refractivity contribution in [1.29, 1.82) is 0 Å². The van der Waals surface area contributed by atoms with Gasteiger partial charge in [-0.2, -0.15) is 0 Å². The first-order chi connectivity index (χ1) is 14.6. The zero-order chi connectivity index (χ0) is 22.6. The van der Waals surface area contributed by atoms with Crippen molar-refractivity contribution in [3.63, 3.8) is 0 Å². The van der Waals surface area contributed by atoms with E-state index in [2.05, 4.69) is 20.8 Å². The van der Waals surface area contributed by atoms with Crippen LogP contribution in [0, 0.1) is 40.4 Å². The molecule has 31 heavy (non-hydrogen) atoms. The maximum Gasteiger partial charge on any atom is 0.330 e. The molecule has 0 radical (unpaired) electrons. The summed E-state index contributed by atoms with van der Waals surface area (Å²) in [6, 6.07) is 0. The number of allylic oxidation sites excluding steroid dienone is 1. The molecule has 0 aliphatic heterocycles. The van der Waals surface area contributed by atoms with Gasteiger partial charge in [0.1, 0.15) is 0 Å². The van der Waals surface area contributed by atoms with E-state index < -0.39 is 17.6 Å². The molecule has 3 fully saturated rings. The number of esters is 1. The summed E-state index contributed by atoms with van der Waals surface area (Å²) in [5, 5.41) is 21.2. The van der Waals surface area contributed by atoms with E-state index in [1.165, 1.54) is 0 Å². The van der Waals surface area contributed by atoms with Gasteiger partial charge in [0.2, 0.25) is 0 Å². The molecule has 0 aromatic carbocycles. The van der Waals surface area contributed by atoms with Gasteiger partial charge in [-0.1, -0.05) is 32.9 Å². The summed E-state index contributed by atoms with van der Waals surface area (Å²) < 4.78 is 5.06. The number of carbonyl (C=O) groups is 1. The van der Waals surface area contributed by atoms with Crippen LogP contribution < -0.4 is 0 Å². The molecule has 10 atom stereocenters. The normalized spacial score (nSPS) is 47.8. The molecule has 3 saturated carbocycles. The van der Waals surface area contributed by atoms with E-state index in [1.807, 2.05) is 19.1 Å². The molecule has 4 aliphatic rings. The van der Waals surface area contributed by atoms with Crippen LogP contribution >= 0.6 is 11.6 Å². The standard InChI is InChI=1S/C26H39ClO4/c1-5-31-21(29)9-6-15(2)17-7-8-18-22-19(11-13-25(17,18)3)26(4)12-10-16(28)14-20(26)23(27)24(22)30/h6,9,14-19,22-24,28,30H,5,7-8,10-13H2,1-4H3/b9-6+/t15-,16?,17?,18?,19?,22?,23-,24-,25-,26-/m1/s1. The third kappa shape index (κ3) is 3.71. The quantitative estimate of drug-likeness (QED) is 0.277. The largest absolute Gasteiger partial charge is 0.463 e. The van der Waals surface area contributed by atoms with Gasteiger partial charge >= 0.3 is 5.97 Å². The molecule has 174 valence electrons. The van der Waals surface area contributed by atoms with Gasteiger partial charge in [-0.25, -0.2) is 4.79 Å². The molecule has 0 heterocycles. The van der Waals surface area contributed by atoms with Gasteiger partial charge in [0.15, 0.2) is 0 Å². The minimum Gasteiger partial charge on any atom is -0.463 e. The van der Waals surface area contributed by atoms with Crippen molar-refractivity contribution in [3.8, 4) is 0 Å². The van der Waals surface area contributed by atoms with Gasteiger partial charge in [0.05, 0.1) is 24.2 Å². The summed E-state index contributed by atoms with van der Waals surface area (Å²) in [4.78, 5) is 11.8. The summed E-state index contributed by atoms with van der Waals surface area (Å²) in [5.41, 5.74) is 1.19. The summed E-state index contributed by atoms with van der Waals surface area (Å²) >= 11 is 6.87. The molecule has 4 aliphatic carbocycles. The molecule has 0 saturated heterocycles. The summed E-state index contributed by atoms with van der Waals surface area (Å²) in [7, 11) is 0. The van der Waals surface area contributed by atoms with Crippen LogP contribution in [-0.2, 0) is 9.53 Å². The van der Waals surface area contributed by atoms with Gasteiger partial charge in [-0.15, -0.1) is 11.6 Å². The zero-order valence-electron chi connectivity index (χ0n) is 19.4. The molecular weight excluding hydrogens is 412 g/mol. The fraction of sp³-hybridized carbons (Fsp3) is 0.808. The molecule has 0 aromatic heterocycles. The van der Waals surface area contributed by atoms with E-state index in [1.54, 1.807) is 6.08 Å². The van der Waals surface area contributed by atoms with Crippen molar-refractivity contribution >= 4 is 17.6 Å². The maximum atomic E-state index is 11.8. The number of fused-ring (bicyclic) bond motifs is 5. The Morgan fingerprint density at radius 3 is 2.68 bits per heavy atom. The lowest BCUT2D eigenvalue weighted by Gasteiger charge is -2.61. The first-order valence-electron chi connectivity index (χ1n) is 12.2. The van der Waals surface area contributed by atoms with E-state index in [0.29, 0.717) is 30.3 Å². The molecule has 5 heteroatoms. The Balaban J connectivity index is 1.59. The van der Waals surface area contributed by atoms with Crippen molar-refractivity contribution in [3.05, 3.63) is 23.8 Å². The Morgan fingerprint density at radius 1 is 1.23 bits per heavy atom. The van der Waals surface area contributed by atoms with Crippen LogP contribution in [-0.4, -0.2) is 40.4 Å². The van der Waals surface area contributed by atoms with E-state index in [-0.39, 0.29) is 22.7 Å². The van der Waals surface area contributed by atoms with Gasteiger partial charge in [-0.3, -0.25) is 0 Å². The monoisotopic (exact) mass is 450 g/mol. The van der Waals surface area contributed by atoms with Gasteiger partial charge in [0, 0.05) is 6.08 Å². The zero-order valence-corrected chi connectivity index (χ0v) is 20.1. The second kappa shape index (κ2) is 8.50. The number of aliphatic hydroxyl groups excluding tert-OH is 2. The van der Waals surface area contributed by atoms with Crippen molar-refractivity contribution in [2.75, 3.05) is 6.61 Å². The molecule has 0 amide bonds. The summed E-state index contributed by atoms with van der Waals surface area (Å²) in [6.07, 6.45) is 10.7. The summed E-state index contributed by atoms with van der Waals surface area (Å²) in [5.74, 6) is 1.57. The second-order valence-corrected chi connectivity index (χ2v) is 11.5. The number of aliphatic hydroxyl groups is 2. The highest BCUT2D eigenvalue weighted by molar-refractivity contribution is 6.23. The molecule has 4 nitrogen and oxygen atoms in total. The molecule has 2 N–H and O–H groups in total. The van der Waals surface area contributed by atoms with Crippen LogP contribution in [0.3, 0.4) is 0 Å². The Kier molecular flexibility index (Phi) is 6.39. The maximum absolute atomic E-state index is 11.8. The van der Waals surface area contributed by atoms with Crippen molar-refractivity contribution in [2.45, 2.75) is 83.8 Å². The molecule has 0 spiro atoms. The number of hydrogen-bond donors (Lipinski definition) is 2. The topological polar surface area (TPSA) is 66.8 Å². The van der Waals surface area contributed by atoms with Crippen molar-refractivity contribution < 1.29 is 19.7 Å². The minimum absolute atomic E-state index is 0.0234. The highest BCUT2D eigenvalue weighted by Gasteiger charge is 2.63. The second-order valence-electron chi connectivity index (χ2n) is 11.0. The summed E-state index contributed by atoms with van der Waals surface area (Å²) in [6.45, 7) is 9.17. The number of rotatable bonds is 4. The predicted molar refractivity (Wildman–Crippen MR) is 123 cm³/mol. The fourth-order valence-corrected chi connectivity index (χ4v) is 8.62. The third-order valence-corrected chi connectivity index (χ3v) is 10.2. The molecule has 5 unspecified atom stereocenters. The van der Waals surface area contributed by atoms with Gasteiger partial charge in [-0.05, 0) is 91.4 Å². The Hall–Kier alpha value is -0.840. The van der Waals surface area contributed by atoms with E-state index >= 15 is 0 Å². The van der Waals surface area contributed by atoms with Gasteiger partial charge < -0.3 is 14.9 Å². The molecule has 0 aromatic rings. The van der Waals surface area contributed by atoms with Crippen LogP contribution in [0.25, 0.3) is 0 Å². The van der Waals surface area contributed by atoms with Crippen LogP contribution in [0.4, 0.5) is 0 Å². The SMILES string of the molecule is CCOC(=O)/C=C/[C@@H](C)C1CCC2C3C(CC[C@@]21C)[C@@]1(C)CCC(O)C=C1[C@@H](Cl)[C@@H]3O. The highest BCUT2D eigenvalue weighted by Crippen LogP contribution is 2.68. The predicted octanol–water partition coefficient (Wildman–Crippen LogP) is 4.87. The van der Waals surface area contributed by atoms with Crippen LogP contribution in [0.2, 0.25) is 0 Å². The van der Waals surface area contributed by atoms with E-state index in [4.69, 9.17) is 16.3 Å². The van der Waals surface area contributed by atoms with E-state index in [9.17, 15) is 15.0 Å². The van der Waals surface area contributed by atoms with Crippen LogP contribution in [0.1, 0.15) is 66.2 Å².